The van der Waals surface area contributed by atoms with E-state index in [1.165, 1.54) is 19.2 Å². The molecule has 1 rings (SSSR count). The number of hydrogen-bond acceptors (Lipinski definition) is 5. The summed E-state index contributed by atoms with van der Waals surface area (Å²) in [5, 5.41) is 10.8. The summed E-state index contributed by atoms with van der Waals surface area (Å²) in [5.74, 6) is 1.32. The van der Waals surface area contributed by atoms with Crippen molar-refractivity contribution in [1.82, 2.24) is 0 Å². The first-order chi connectivity index (χ1) is 8.96. The van der Waals surface area contributed by atoms with E-state index in [1.807, 2.05) is 6.92 Å². The number of hydrogen-bond donors (Lipinski definition) is 1. The molecule has 0 aromatic heterocycles. The summed E-state index contributed by atoms with van der Waals surface area (Å²) in [5.41, 5.74) is 6.06. The highest BCUT2D eigenvalue weighted by Gasteiger charge is 2.13. The Morgan fingerprint density at radius 2 is 2.16 bits per heavy atom. The molecule has 0 spiro atoms. The van der Waals surface area contributed by atoms with E-state index in [0.29, 0.717) is 23.6 Å². The fourth-order valence-electron chi connectivity index (χ4n) is 1.58. The topological polar surface area (TPSA) is 95.5 Å². The number of nitrogens with two attached hydrogens (primary N) is 1. The van der Waals surface area contributed by atoms with Crippen LogP contribution in [0.3, 0.4) is 0 Å². The molecule has 2 N–H and O–H groups in total. The van der Waals surface area contributed by atoms with E-state index in [2.05, 4.69) is 0 Å². The zero-order chi connectivity index (χ0) is 14.4. The van der Waals surface area contributed by atoms with Crippen LogP contribution in [0.1, 0.15) is 12.5 Å². The van der Waals surface area contributed by atoms with Crippen LogP contribution >= 0.6 is 0 Å². The van der Waals surface area contributed by atoms with E-state index in [1.54, 1.807) is 6.07 Å². The second-order valence-electron chi connectivity index (χ2n) is 4.39. The summed E-state index contributed by atoms with van der Waals surface area (Å²) in [4.78, 5) is 10.3. The predicted molar refractivity (Wildman–Crippen MR) is 74.6 cm³/mol. The van der Waals surface area contributed by atoms with Crippen LogP contribution in [0, 0.1) is 16.0 Å². The Bertz CT molecular complexity index is 479. The average molecular weight is 286 g/mol. The van der Waals surface area contributed by atoms with Crippen molar-refractivity contribution in [2.24, 2.45) is 11.7 Å². The number of ether oxygens (including phenoxy) is 1. The lowest BCUT2D eigenvalue weighted by molar-refractivity contribution is -0.385. The SMILES string of the molecule is COc1cc(CS(=O)CC(C)CN)cc([N+](=O)[O-])c1. The van der Waals surface area contributed by atoms with Crippen molar-refractivity contribution in [2.75, 3.05) is 19.4 Å². The smallest absolute Gasteiger partial charge is 0.273 e. The van der Waals surface area contributed by atoms with Crippen molar-refractivity contribution in [3.8, 4) is 5.75 Å². The predicted octanol–water partition coefficient (Wildman–Crippen LogP) is 1.45. The molecule has 0 heterocycles. The molecule has 106 valence electrons. The van der Waals surface area contributed by atoms with Crippen molar-refractivity contribution in [3.63, 3.8) is 0 Å². The normalized spacial score (nSPS) is 13.8. The molecule has 0 saturated heterocycles. The lowest BCUT2D eigenvalue weighted by atomic mass is 10.2. The second kappa shape index (κ2) is 7.20. The lowest BCUT2D eigenvalue weighted by Gasteiger charge is -2.09. The van der Waals surface area contributed by atoms with Crippen LogP contribution in [0.15, 0.2) is 18.2 Å². The van der Waals surface area contributed by atoms with E-state index >= 15 is 0 Å². The molecule has 0 aliphatic carbocycles. The molecule has 1 aromatic carbocycles. The Kier molecular flexibility index (Phi) is 5.91. The van der Waals surface area contributed by atoms with Gasteiger partial charge in [-0.1, -0.05) is 6.92 Å². The van der Waals surface area contributed by atoms with Gasteiger partial charge >= 0.3 is 0 Å². The van der Waals surface area contributed by atoms with Gasteiger partial charge in [0.2, 0.25) is 0 Å². The molecule has 0 radical (unpaired) electrons. The van der Waals surface area contributed by atoms with E-state index in [-0.39, 0.29) is 17.4 Å². The van der Waals surface area contributed by atoms with Gasteiger partial charge in [0.05, 0.1) is 18.1 Å². The number of nitro groups is 1. The molecule has 0 saturated carbocycles. The quantitative estimate of drug-likeness (QED) is 0.604. The summed E-state index contributed by atoms with van der Waals surface area (Å²) >= 11 is 0. The maximum Gasteiger partial charge on any atom is 0.273 e. The molecule has 0 aliphatic heterocycles. The molecule has 7 heteroatoms. The fourth-order valence-corrected chi connectivity index (χ4v) is 3.01. The van der Waals surface area contributed by atoms with Gasteiger partial charge in [0.1, 0.15) is 5.75 Å². The summed E-state index contributed by atoms with van der Waals surface area (Å²) in [6, 6.07) is 4.43. The van der Waals surface area contributed by atoms with E-state index < -0.39 is 15.7 Å². The van der Waals surface area contributed by atoms with Gasteiger partial charge in [0.15, 0.2) is 0 Å². The van der Waals surface area contributed by atoms with Crippen molar-refractivity contribution in [2.45, 2.75) is 12.7 Å². The number of nitrogens with zero attached hydrogens (tertiary/aromatic N) is 1. The van der Waals surface area contributed by atoms with Gasteiger partial charge in [-0.05, 0) is 24.1 Å². The van der Waals surface area contributed by atoms with Gasteiger partial charge in [-0.2, -0.15) is 0 Å². The number of non-ortho nitro benzene ring substituents is 1. The van der Waals surface area contributed by atoms with Crippen LogP contribution < -0.4 is 10.5 Å². The van der Waals surface area contributed by atoms with E-state index in [4.69, 9.17) is 10.5 Å². The van der Waals surface area contributed by atoms with Gasteiger partial charge in [-0.25, -0.2) is 0 Å². The third-order valence-corrected chi connectivity index (χ3v) is 4.19. The minimum Gasteiger partial charge on any atom is -0.496 e. The van der Waals surface area contributed by atoms with Crippen LogP contribution in [0.5, 0.6) is 5.75 Å². The Balaban J connectivity index is 2.85. The minimum absolute atomic E-state index is 0.0572. The number of nitro benzene ring substituents is 1. The molecule has 0 fully saturated rings. The second-order valence-corrected chi connectivity index (χ2v) is 5.89. The Hall–Kier alpha value is -1.47. The number of rotatable bonds is 7. The van der Waals surface area contributed by atoms with Crippen molar-refractivity contribution in [3.05, 3.63) is 33.9 Å². The maximum atomic E-state index is 11.9. The molecule has 1 aromatic rings. The van der Waals surface area contributed by atoms with Gasteiger partial charge in [0, 0.05) is 28.4 Å². The average Bonchev–Trinajstić information content (AvgIpc) is 2.37. The van der Waals surface area contributed by atoms with E-state index in [9.17, 15) is 14.3 Å². The Morgan fingerprint density at radius 3 is 2.68 bits per heavy atom. The van der Waals surface area contributed by atoms with E-state index in [0.717, 1.165) is 0 Å². The monoisotopic (exact) mass is 286 g/mol. The van der Waals surface area contributed by atoms with Crippen LogP contribution in [0.4, 0.5) is 5.69 Å². The summed E-state index contributed by atoms with van der Waals surface area (Å²) in [6.45, 7) is 2.40. The van der Waals surface area contributed by atoms with Gasteiger partial charge in [-0.3, -0.25) is 14.3 Å². The zero-order valence-corrected chi connectivity index (χ0v) is 11.8. The molecule has 6 nitrogen and oxygen atoms in total. The van der Waals surface area contributed by atoms with Gasteiger partial charge in [-0.15, -0.1) is 0 Å². The minimum atomic E-state index is -1.09. The number of methoxy groups -OCH3 is 1. The molecule has 2 unspecified atom stereocenters. The molecule has 2 atom stereocenters. The van der Waals surface area contributed by atoms with Crippen molar-refractivity contribution in [1.29, 1.82) is 0 Å². The van der Waals surface area contributed by atoms with Crippen molar-refractivity contribution < 1.29 is 13.9 Å². The highest BCUT2D eigenvalue weighted by molar-refractivity contribution is 7.84. The standard InChI is InChI=1S/C12H18N2O4S/c1-9(6-13)7-19(17)8-10-3-11(14(15)16)5-12(4-10)18-2/h3-5,9H,6-8,13H2,1-2H3. The Morgan fingerprint density at radius 1 is 1.47 bits per heavy atom. The molecular weight excluding hydrogens is 268 g/mol. The lowest BCUT2D eigenvalue weighted by Crippen LogP contribution is -2.18. The van der Waals surface area contributed by atoms with Gasteiger partial charge in [0.25, 0.3) is 5.69 Å². The summed E-state index contributed by atoms with van der Waals surface area (Å²) in [6.07, 6.45) is 0. The highest BCUT2D eigenvalue weighted by atomic mass is 32.2. The van der Waals surface area contributed by atoms with Crippen LogP contribution in [0.2, 0.25) is 0 Å². The fraction of sp³-hybridized carbons (Fsp3) is 0.500. The number of benzene rings is 1. The van der Waals surface area contributed by atoms with Crippen LogP contribution in [-0.2, 0) is 16.6 Å². The molecule has 19 heavy (non-hydrogen) atoms. The third kappa shape index (κ3) is 4.96. The molecular formula is C12H18N2O4S. The first-order valence-electron chi connectivity index (χ1n) is 5.83. The maximum absolute atomic E-state index is 11.9. The molecule has 0 bridgehead atoms. The summed E-state index contributed by atoms with van der Waals surface area (Å²) in [7, 11) is 0.350. The molecule has 0 aliphatic rings. The Labute approximate surface area is 114 Å². The first-order valence-corrected chi connectivity index (χ1v) is 7.32. The molecule has 0 amide bonds. The van der Waals surface area contributed by atoms with Crippen molar-refractivity contribution >= 4 is 16.5 Å². The first kappa shape index (κ1) is 15.6. The highest BCUT2D eigenvalue weighted by Crippen LogP contribution is 2.23. The largest absolute Gasteiger partial charge is 0.496 e. The third-order valence-electron chi connectivity index (χ3n) is 2.60. The van der Waals surface area contributed by atoms with Crippen LogP contribution in [-0.4, -0.2) is 28.5 Å². The summed E-state index contributed by atoms with van der Waals surface area (Å²) < 4.78 is 16.9. The zero-order valence-electron chi connectivity index (χ0n) is 11.0. The van der Waals surface area contributed by atoms with Crippen LogP contribution in [0.25, 0.3) is 0 Å². The van der Waals surface area contributed by atoms with Gasteiger partial charge < -0.3 is 10.5 Å².